The van der Waals surface area contributed by atoms with Crippen molar-refractivity contribution in [3.8, 4) is 0 Å². The summed E-state index contributed by atoms with van der Waals surface area (Å²) in [5, 5.41) is 0.737. The predicted molar refractivity (Wildman–Crippen MR) is 65.7 cm³/mol. The summed E-state index contributed by atoms with van der Waals surface area (Å²) in [6.45, 7) is 5.73. The third-order valence-corrected chi connectivity index (χ3v) is 3.56. The maximum atomic E-state index is 11.1. The standard InChI is InChI=1S/C8H8Cl2O2S.C2H6/c1-5-7(9)3-6(4-8(5)10)13(2,11)12;1-2/h3-4H,1-2H3;1-2H3. The Hall–Kier alpha value is -0.250. The van der Waals surface area contributed by atoms with Gasteiger partial charge >= 0.3 is 0 Å². The topological polar surface area (TPSA) is 34.1 Å². The average Bonchev–Trinajstić information content (AvgIpc) is 2.15. The molecular weight excluding hydrogens is 255 g/mol. The zero-order chi connectivity index (χ0) is 12.2. The van der Waals surface area contributed by atoms with Crippen LogP contribution in [-0.2, 0) is 9.84 Å². The van der Waals surface area contributed by atoms with Gasteiger partial charge in [-0.25, -0.2) is 8.42 Å². The van der Waals surface area contributed by atoms with Crippen LogP contribution in [0, 0.1) is 6.92 Å². The van der Waals surface area contributed by atoms with E-state index in [1.165, 1.54) is 12.1 Å². The Morgan fingerprint density at radius 2 is 1.40 bits per heavy atom. The van der Waals surface area contributed by atoms with Crippen LogP contribution in [0.5, 0.6) is 0 Å². The second-order valence-electron chi connectivity index (χ2n) is 2.78. The highest BCUT2D eigenvalue weighted by Gasteiger charge is 2.11. The number of benzene rings is 1. The van der Waals surface area contributed by atoms with Crippen LogP contribution in [-0.4, -0.2) is 14.7 Å². The molecule has 0 spiro atoms. The molecule has 1 aromatic rings. The molecule has 0 bridgehead atoms. The van der Waals surface area contributed by atoms with Crippen molar-refractivity contribution < 1.29 is 8.42 Å². The fraction of sp³-hybridized carbons (Fsp3) is 0.400. The molecule has 0 amide bonds. The van der Waals surface area contributed by atoms with Crippen LogP contribution < -0.4 is 0 Å². The largest absolute Gasteiger partial charge is 0.224 e. The van der Waals surface area contributed by atoms with Crippen LogP contribution >= 0.6 is 23.2 Å². The van der Waals surface area contributed by atoms with Gasteiger partial charge in [0, 0.05) is 16.3 Å². The third kappa shape index (κ3) is 4.01. The normalized spacial score (nSPS) is 10.5. The van der Waals surface area contributed by atoms with Gasteiger partial charge in [-0.3, -0.25) is 0 Å². The van der Waals surface area contributed by atoms with Gasteiger partial charge in [0.1, 0.15) is 0 Å². The van der Waals surface area contributed by atoms with E-state index >= 15 is 0 Å². The Morgan fingerprint density at radius 3 is 1.67 bits per heavy atom. The van der Waals surface area contributed by atoms with Crippen molar-refractivity contribution in [3.63, 3.8) is 0 Å². The van der Waals surface area contributed by atoms with E-state index < -0.39 is 9.84 Å². The van der Waals surface area contributed by atoms with E-state index in [-0.39, 0.29) is 4.90 Å². The van der Waals surface area contributed by atoms with Gasteiger partial charge in [0.05, 0.1) is 4.90 Å². The van der Waals surface area contributed by atoms with E-state index in [2.05, 4.69) is 0 Å². The molecule has 2 nitrogen and oxygen atoms in total. The first-order chi connectivity index (χ1) is 6.82. The fourth-order valence-corrected chi connectivity index (χ4v) is 2.12. The molecule has 0 aromatic heterocycles. The lowest BCUT2D eigenvalue weighted by molar-refractivity contribution is 0.602. The number of sulfone groups is 1. The highest BCUT2D eigenvalue weighted by atomic mass is 35.5. The minimum Gasteiger partial charge on any atom is -0.224 e. The van der Waals surface area contributed by atoms with Crippen molar-refractivity contribution in [2.24, 2.45) is 0 Å². The SMILES string of the molecule is CC.Cc1c(Cl)cc(S(C)(=O)=O)cc1Cl. The molecule has 0 heterocycles. The molecule has 0 saturated heterocycles. The van der Waals surface area contributed by atoms with Crippen LogP contribution in [0.15, 0.2) is 17.0 Å². The molecule has 0 unspecified atom stereocenters. The van der Waals surface area contributed by atoms with Gasteiger partial charge in [0.2, 0.25) is 0 Å². The predicted octanol–water partition coefficient (Wildman–Crippen LogP) is 3.73. The van der Waals surface area contributed by atoms with Gasteiger partial charge in [-0.05, 0) is 24.6 Å². The Kier molecular flexibility index (Phi) is 5.63. The molecule has 5 heteroatoms. The average molecular weight is 269 g/mol. The smallest absolute Gasteiger partial charge is 0.175 e. The molecule has 0 saturated carbocycles. The van der Waals surface area contributed by atoms with Gasteiger partial charge in [0.25, 0.3) is 0 Å². The summed E-state index contributed by atoms with van der Waals surface area (Å²) in [5.41, 5.74) is 0.690. The summed E-state index contributed by atoms with van der Waals surface area (Å²) >= 11 is 11.6. The summed E-state index contributed by atoms with van der Waals surface area (Å²) in [7, 11) is -3.23. The van der Waals surface area contributed by atoms with Gasteiger partial charge in [-0.1, -0.05) is 37.0 Å². The summed E-state index contributed by atoms with van der Waals surface area (Å²) in [5.74, 6) is 0. The van der Waals surface area contributed by atoms with E-state index in [4.69, 9.17) is 23.2 Å². The molecule has 0 N–H and O–H groups in total. The van der Waals surface area contributed by atoms with Crippen molar-refractivity contribution in [2.75, 3.05) is 6.26 Å². The minimum absolute atomic E-state index is 0.146. The van der Waals surface area contributed by atoms with Crippen LogP contribution in [0.25, 0.3) is 0 Å². The minimum atomic E-state index is -3.23. The lowest BCUT2D eigenvalue weighted by atomic mass is 10.2. The Balaban J connectivity index is 0.000000921. The van der Waals surface area contributed by atoms with Crippen LogP contribution in [0.4, 0.5) is 0 Å². The van der Waals surface area contributed by atoms with Gasteiger partial charge in [-0.15, -0.1) is 0 Å². The molecule has 86 valence electrons. The number of rotatable bonds is 1. The van der Waals surface area contributed by atoms with Gasteiger partial charge in [-0.2, -0.15) is 0 Å². The maximum Gasteiger partial charge on any atom is 0.175 e. The zero-order valence-electron chi connectivity index (χ0n) is 9.14. The first kappa shape index (κ1) is 14.8. The molecule has 15 heavy (non-hydrogen) atoms. The second-order valence-corrected chi connectivity index (χ2v) is 5.61. The van der Waals surface area contributed by atoms with E-state index in [9.17, 15) is 8.42 Å². The van der Waals surface area contributed by atoms with Crippen LogP contribution in [0.3, 0.4) is 0 Å². The van der Waals surface area contributed by atoms with E-state index in [1.807, 2.05) is 13.8 Å². The summed E-state index contributed by atoms with van der Waals surface area (Å²) in [6, 6.07) is 2.80. The molecule has 0 aliphatic heterocycles. The second kappa shape index (κ2) is 5.73. The maximum absolute atomic E-state index is 11.1. The first-order valence-corrected chi connectivity index (χ1v) is 7.13. The van der Waals surface area contributed by atoms with Crippen LogP contribution in [0.1, 0.15) is 19.4 Å². The van der Waals surface area contributed by atoms with Crippen LogP contribution in [0.2, 0.25) is 10.0 Å². The highest BCUT2D eigenvalue weighted by molar-refractivity contribution is 7.90. The molecule has 1 rings (SSSR count). The third-order valence-electron chi connectivity index (χ3n) is 1.68. The zero-order valence-corrected chi connectivity index (χ0v) is 11.5. The fourth-order valence-electron chi connectivity index (χ4n) is 0.836. The monoisotopic (exact) mass is 268 g/mol. The Labute approximate surface area is 101 Å². The van der Waals surface area contributed by atoms with Crippen molar-refractivity contribution in [1.82, 2.24) is 0 Å². The lowest BCUT2D eigenvalue weighted by Crippen LogP contribution is -1.97. The Morgan fingerprint density at radius 1 is 1.07 bits per heavy atom. The van der Waals surface area contributed by atoms with Crippen molar-refractivity contribution in [2.45, 2.75) is 25.7 Å². The van der Waals surface area contributed by atoms with E-state index in [1.54, 1.807) is 6.92 Å². The number of hydrogen-bond donors (Lipinski definition) is 0. The molecule has 0 aliphatic carbocycles. The van der Waals surface area contributed by atoms with E-state index in [0.717, 1.165) is 6.26 Å². The quantitative estimate of drug-likeness (QED) is 0.778. The molecule has 0 fully saturated rings. The summed E-state index contributed by atoms with van der Waals surface area (Å²) < 4.78 is 22.3. The van der Waals surface area contributed by atoms with E-state index in [0.29, 0.717) is 15.6 Å². The van der Waals surface area contributed by atoms with Gasteiger partial charge < -0.3 is 0 Å². The summed E-state index contributed by atoms with van der Waals surface area (Å²) in [6.07, 6.45) is 1.12. The highest BCUT2D eigenvalue weighted by Crippen LogP contribution is 2.27. The van der Waals surface area contributed by atoms with Crippen molar-refractivity contribution in [1.29, 1.82) is 0 Å². The lowest BCUT2D eigenvalue weighted by Gasteiger charge is -2.04. The molecule has 1 aromatic carbocycles. The van der Waals surface area contributed by atoms with Gasteiger partial charge in [0.15, 0.2) is 9.84 Å². The molecular formula is C10H14Cl2O2S. The number of hydrogen-bond acceptors (Lipinski definition) is 2. The summed E-state index contributed by atoms with van der Waals surface area (Å²) in [4.78, 5) is 0.146. The Bertz CT molecular complexity index is 416. The molecule has 0 radical (unpaired) electrons. The molecule has 0 aliphatic rings. The van der Waals surface area contributed by atoms with Crippen molar-refractivity contribution in [3.05, 3.63) is 27.7 Å². The number of halogens is 2. The molecule has 0 atom stereocenters. The van der Waals surface area contributed by atoms with Crippen molar-refractivity contribution >= 4 is 33.0 Å². The first-order valence-electron chi connectivity index (χ1n) is 4.48.